The molecule has 66 valence electrons. The van der Waals surface area contributed by atoms with E-state index in [4.69, 9.17) is 5.89 Å². The van der Waals surface area contributed by atoms with Crippen LogP contribution in [0.3, 0.4) is 0 Å². The molecule has 2 heterocycles. The van der Waals surface area contributed by atoms with Crippen LogP contribution in [0.2, 0.25) is 0 Å². The molecule has 1 saturated heterocycles. The Balaban J connectivity index is 2.15. The lowest BCUT2D eigenvalue weighted by Crippen LogP contribution is -2.08. The van der Waals surface area contributed by atoms with Crippen LogP contribution in [0, 0.1) is 12.8 Å². The summed E-state index contributed by atoms with van der Waals surface area (Å²) in [5.41, 5.74) is 0. The Kier molecular flexibility index (Phi) is 1.57. The minimum atomic E-state index is 0.0953. The molecule has 12 heavy (non-hydrogen) atoms. The largest absolute Gasteiger partial charge is 0.339 e. The van der Waals surface area contributed by atoms with Gasteiger partial charge in [0.1, 0.15) is 0 Å². The first-order valence-corrected chi connectivity index (χ1v) is 4.13. The van der Waals surface area contributed by atoms with Gasteiger partial charge < -0.3 is 9.84 Å². The molecule has 0 radical (unpaired) electrons. The first kappa shape index (κ1) is 6.60. The fourth-order valence-electron chi connectivity index (χ4n) is 1.56. The fourth-order valence-corrected chi connectivity index (χ4v) is 1.56. The SMILES string of the molecule is [2H]Cc1noc([C@@H]2CNC[C@H]2C)n1. The maximum Gasteiger partial charge on any atom is 0.231 e. The molecule has 2 atom stereocenters. The molecule has 1 aromatic rings. The molecule has 1 fully saturated rings. The van der Waals surface area contributed by atoms with Crippen molar-refractivity contribution < 1.29 is 5.89 Å². The molecular formula is C8H13N3O. The van der Waals surface area contributed by atoms with Gasteiger partial charge in [-0.25, -0.2) is 0 Å². The normalized spacial score (nSPS) is 30.6. The van der Waals surface area contributed by atoms with Gasteiger partial charge in [0.2, 0.25) is 5.89 Å². The zero-order valence-corrected chi connectivity index (χ0v) is 7.08. The highest BCUT2D eigenvalue weighted by molar-refractivity contribution is 4.99. The zero-order chi connectivity index (χ0) is 9.26. The highest BCUT2D eigenvalue weighted by Gasteiger charge is 2.28. The van der Waals surface area contributed by atoms with E-state index in [0.717, 1.165) is 13.1 Å². The molecule has 2 rings (SSSR count). The number of rotatable bonds is 1. The molecule has 0 saturated carbocycles. The summed E-state index contributed by atoms with van der Waals surface area (Å²) in [6.07, 6.45) is 0. The Hall–Kier alpha value is -0.900. The third-order valence-electron chi connectivity index (χ3n) is 2.32. The molecule has 0 aliphatic carbocycles. The topological polar surface area (TPSA) is 51.0 Å². The summed E-state index contributed by atoms with van der Waals surface area (Å²) in [7, 11) is 0. The highest BCUT2D eigenvalue weighted by Crippen LogP contribution is 2.25. The van der Waals surface area contributed by atoms with Gasteiger partial charge in [-0.15, -0.1) is 0 Å². The molecule has 1 N–H and O–H groups in total. The van der Waals surface area contributed by atoms with Crippen LogP contribution in [0.1, 0.15) is 25.9 Å². The van der Waals surface area contributed by atoms with E-state index in [1.54, 1.807) is 0 Å². The monoisotopic (exact) mass is 168 g/mol. The van der Waals surface area contributed by atoms with E-state index in [0.29, 0.717) is 23.6 Å². The van der Waals surface area contributed by atoms with Crippen molar-refractivity contribution in [1.29, 1.82) is 0 Å². The minimum Gasteiger partial charge on any atom is -0.339 e. The van der Waals surface area contributed by atoms with Gasteiger partial charge in [-0.2, -0.15) is 4.98 Å². The van der Waals surface area contributed by atoms with Crippen LogP contribution in [0.5, 0.6) is 0 Å². The van der Waals surface area contributed by atoms with Crippen LogP contribution in [-0.4, -0.2) is 23.2 Å². The quantitative estimate of drug-likeness (QED) is 0.670. The first-order valence-electron chi connectivity index (χ1n) is 4.84. The number of nitrogens with one attached hydrogen (secondary N) is 1. The second kappa shape index (κ2) is 2.86. The predicted octanol–water partition coefficient (Wildman–Crippen LogP) is 0.701. The number of aryl methyl sites for hydroxylation is 1. The summed E-state index contributed by atoms with van der Waals surface area (Å²) in [4.78, 5) is 4.16. The van der Waals surface area contributed by atoms with Gasteiger partial charge in [0, 0.05) is 7.92 Å². The van der Waals surface area contributed by atoms with E-state index >= 15 is 0 Å². The van der Waals surface area contributed by atoms with Gasteiger partial charge in [-0.05, 0) is 19.4 Å². The predicted molar refractivity (Wildman–Crippen MR) is 43.8 cm³/mol. The Morgan fingerprint density at radius 1 is 1.67 bits per heavy atom. The average molecular weight is 168 g/mol. The summed E-state index contributed by atoms with van der Waals surface area (Å²) >= 11 is 0. The smallest absolute Gasteiger partial charge is 0.231 e. The molecule has 0 bridgehead atoms. The number of hydrogen-bond acceptors (Lipinski definition) is 4. The van der Waals surface area contributed by atoms with Gasteiger partial charge in [0.25, 0.3) is 0 Å². The van der Waals surface area contributed by atoms with Gasteiger partial charge >= 0.3 is 0 Å². The molecule has 0 spiro atoms. The molecule has 4 heteroatoms. The standard InChI is InChI=1S/C8H13N3O/c1-5-3-9-4-7(5)8-10-6(2)11-12-8/h5,7,9H,3-4H2,1-2H3/t5-,7-/m1/s1/i2D. The van der Waals surface area contributed by atoms with E-state index in [1.165, 1.54) is 0 Å². The zero-order valence-electron chi connectivity index (χ0n) is 8.08. The van der Waals surface area contributed by atoms with Crippen molar-refractivity contribution in [2.75, 3.05) is 13.1 Å². The van der Waals surface area contributed by atoms with E-state index in [1.807, 2.05) is 0 Å². The van der Waals surface area contributed by atoms with E-state index in [2.05, 4.69) is 22.4 Å². The molecule has 0 unspecified atom stereocenters. The van der Waals surface area contributed by atoms with Crippen molar-refractivity contribution >= 4 is 0 Å². The lowest BCUT2D eigenvalue weighted by Gasteiger charge is -2.06. The summed E-state index contributed by atoms with van der Waals surface area (Å²) < 4.78 is 12.2. The van der Waals surface area contributed by atoms with Crippen molar-refractivity contribution in [1.82, 2.24) is 15.5 Å². The van der Waals surface area contributed by atoms with E-state index < -0.39 is 0 Å². The summed E-state index contributed by atoms with van der Waals surface area (Å²) in [6.45, 7) is 4.16. The number of nitrogens with zero attached hydrogens (tertiary/aromatic N) is 2. The van der Waals surface area contributed by atoms with Crippen LogP contribution < -0.4 is 5.32 Å². The fraction of sp³-hybridized carbons (Fsp3) is 0.750. The second-order valence-electron chi connectivity index (χ2n) is 3.29. The molecule has 0 aromatic carbocycles. The maximum absolute atomic E-state index is 7.08. The maximum atomic E-state index is 7.08. The summed E-state index contributed by atoms with van der Waals surface area (Å²) in [5, 5.41) is 6.99. The lowest BCUT2D eigenvalue weighted by molar-refractivity contribution is 0.337. The summed E-state index contributed by atoms with van der Waals surface area (Å²) in [6, 6.07) is 0. The first-order chi connectivity index (χ1) is 6.31. The molecule has 1 aliphatic heterocycles. The third kappa shape index (κ3) is 1.22. The summed E-state index contributed by atoms with van der Waals surface area (Å²) in [5.74, 6) is 2.03. The van der Waals surface area contributed by atoms with Gasteiger partial charge in [0.15, 0.2) is 5.82 Å². The molecule has 1 aliphatic rings. The van der Waals surface area contributed by atoms with Gasteiger partial charge in [-0.1, -0.05) is 12.1 Å². The molecule has 1 aromatic heterocycles. The van der Waals surface area contributed by atoms with Crippen LogP contribution in [-0.2, 0) is 0 Å². The molecule has 0 amide bonds. The van der Waals surface area contributed by atoms with Crippen molar-refractivity contribution in [3.63, 3.8) is 0 Å². The van der Waals surface area contributed by atoms with Crippen molar-refractivity contribution in [2.45, 2.75) is 19.7 Å². The Morgan fingerprint density at radius 2 is 2.58 bits per heavy atom. The van der Waals surface area contributed by atoms with Crippen molar-refractivity contribution in [2.24, 2.45) is 5.92 Å². The minimum absolute atomic E-state index is 0.0953. The van der Waals surface area contributed by atoms with Crippen LogP contribution in [0.15, 0.2) is 4.52 Å². The Bertz CT molecular complexity index is 289. The second-order valence-corrected chi connectivity index (χ2v) is 3.29. The third-order valence-corrected chi connectivity index (χ3v) is 2.32. The van der Waals surface area contributed by atoms with E-state index in [9.17, 15) is 0 Å². The highest BCUT2D eigenvalue weighted by atomic mass is 16.5. The molecular weight excluding hydrogens is 154 g/mol. The van der Waals surface area contributed by atoms with Crippen molar-refractivity contribution in [3.8, 4) is 0 Å². The number of hydrogen-bond donors (Lipinski definition) is 1. The Labute approximate surface area is 72.8 Å². The average Bonchev–Trinajstić information content (AvgIpc) is 2.71. The van der Waals surface area contributed by atoms with Crippen molar-refractivity contribution in [3.05, 3.63) is 11.7 Å². The van der Waals surface area contributed by atoms with E-state index in [-0.39, 0.29) is 6.90 Å². The van der Waals surface area contributed by atoms with Crippen LogP contribution in [0.25, 0.3) is 0 Å². The molecule has 4 nitrogen and oxygen atoms in total. The van der Waals surface area contributed by atoms with Gasteiger partial charge in [0.05, 0.1) is 5.92 Å². The van der Waals surface area contributed by atoms with Crippen LogP contribution >= 0.6 is 0 Å². The Morgan fingerprint density at radius 3 is 3.17 bits per heavy atom. The van der Waals surface area contributed by atoms with Crippen LogP contribution in [0.4, 0.5) is 0 Å². The number of aromatic nitrogens is 2. The lowest BCUT2D eigenvalue weighted by atomic mass is 9.98. The van der Waals surface area contributed by atoms with Gasteiger partial charge in [-0.3, -0.25) is 0 Å².